The maximum atomic E-state index is 11.7. The average molecular weight is 318 g/mol. The molecule has 0 aromatic heterocycles. The molecular formula is C17H22N2O2S. The van der Waals surface area contributed by atoms with E-state index in [0.717, 1.165) is 11.4 Å². The average Bonchev–Trinajstić information content (AvgIpc) is 2.44. The third-order valence-electron chi connectivity index (χ3n) is 3.38. The quantitative estimate of drug-likeness (QED) is 0.839. The second kappa shape index (κ2) is 6.83. The Labute approximate surface area is 132 Å². The van der Waals surface area contributed by atoms with Gasteiger partial charge in [-0.1, -0.05) is 25.1 Å². The van der Waals surface area contributed by atoms with Crippen molar-refractivity contribution >= 4 is 27.1 Å². The fourth-order valence-electron chi connectivity index (χ4n) is 2.28. The molecule has 22 heavy (non-hydrogen) atoms. The van der Waals surface area contributed by atoms with Crippen LogP contribution in [-0.4, -0.2) is 14.2 Å². The summed E-state index contributed by atoms with van der Waals surface area (Å²) < 4.78 is 26.1. The molecule has 0 heterocycles. The van der Waals surface area contributed by atoms with E-state index in [1.165, 1.54) is 11.1 Å². The molecule has 0 saturated carbocycles. The van der Waals surface area contributed by atoms with E-state index in [1.807, 2.05) is 25.1 Å². The van der Waals surface area contributed by atoms with Crippen LogP contribution >= 0.6 is 0 Å². The van der Waals surface area contributed by atoms with Crippen LogP contribution in [0, 0.1) is 13.8 Å². The minimum absolute atomic E-state index is 0.134. The Balaban J connectivity index is 2.13. The smallest absolute Gasteiger partial charge is 0.232 e. The van der Waals surface area contributed by atoms with Gasteiger partial charge in [0.15, 0.2) is 0 Å². The Morgan fingerprint density at radius 1 is 0.909 bits per heavy atom. The molecule has 0 saturated heterocycles. The van der Waals surface area contributed by atoms with Crippen molar-refractivity contribution in [1.29, 1.82) is 0 Å². The van der Waals surface area contributed by atoms with E-state index in [1.54, 1.807) is 12.1 Å². The van der Waals surface area contributed by atoms with Crippen molar-refractivity contribution in [3.63, 3.8) is 0 Å². The maximum absolute atomic E-state index is 11.7. The van der Waals surface area contributed by atoms with Crippen molar-refractivity contribution in [3.8, 4) is 0 Å². The fraction of sp³-hybridized carbons (Fsp3) is 0.294. The van der Waals surface area contributed by atoms with Gasteiger partial charge in [0.1, 0.15) is 0 Å². The summed E-state index contributed by atoms with van der Waals surface area (Å²) in [6.07, 6.45) is 0.599. The van der Waals surface area contributed by atoms with Crippen LogP contribution in [0.25, 0.3) is 0 Å². The van der Waals surface area contributed by atoms with E-state index in [2.05, 4.69) is 36.0 Å². The van der Waals surface area contributed by atoms with E-state index < -0.39 is 10.0 Å². The van der Waals surface area contributed by atoms with Crippen LogP contribution in [0.1, 0.15) is 24.5 Å². The zero-order valence-corrected chi connectivity index (χ0v) is 14.0. The predicted octanol–water partition coefficient (Wildman–Crippen LogP) is 4.20. The van der Waals surface area contributed by atoms with Gasteiger partial charge in [-0.05, 0) is 55.7 Å². The Hall–Kier alpha value is -2.01. The number of hydrogen-bond donors (Lipinski definition) is 2. The molecule has 2 N–H and O–H groups in total. The molecule has 2 aromatic carbocycles. The molecule has 0 amide bonds. The molecule has 4 nitrogen and oxygen atoms in total. The van der Waals surface area contributed by atoms with Gasteiger partial charge in [-0.15, -0.1) is 0 Å². The van der Waals surface area contributed by atoms with Crippen molar-refractivity contribution in [2.45, 2.75) is 27.2 Å². The first-order valence-corrected chi connectivity index (χ1v) is 9.00. The van der Waals surface area contributed by atoms with E-state index in [9.17, 15) is 8.42 Å². The second-order valence-corrected chi connectivity index (χ2v) is 7.23. The van der Waals surface area contributed by atoms with Gasteiger partial charge in [0.25, 0.3) is 0 Å². The first-order valence-electron chi connectivity index (χ1n) is 7.35. The summed E-state index contributed by atoms with van der Waals surface area (Å²) in [4.78, 5) is 0. The Morgan fingerprint density at radius 3 is 2.00 bits per heavy atom. The number of nitrogens with one attached hydrogen (secondary N) is 2. The third kappa shape index (κ3) is 4.24. The Bertz CT molecular complexity index is 718. The summed E-state index contributed by atoms with van der Waals surface area (Å²) in [5.74, 6) is 0.134. The van der Waals surface area contributed by atoms with Crippen LogP contribution in [0.3, 0.4) is 0 Å². The highest BCUT2D eigenvalue weighted by Crippen LogP contribution is 2.25. The molecule has 0 bridgehead atoms. The summed E-state index contributed by atoms with van der Waals surface area (Å²) in [6.45, 7) is 5.96. The van der Waals surface area contributed by atoms with E-state index in [0.29, 0.717) is 12.1 Å². The van der Waals surface area contributed by atoms with Crippen LogP contribution in [0.4, 0.5) is 17.1 Å². The molecule has 2 aromatic rings. The minimum Gasteiger partial charge on any atom is -0.355 e. The topological polar surface area (TPSA) is 58.2 Å². The first-order chi connectivity index (χ1) is 10.4. The molecule has 118 valence electrons. The summed E-state index contributed by atoms with van der Waals surface area (Å²) in [6, 6.07) is 13.4. The summed E-state index contributed by atoms with van der Waals surface area (Å²) in [7, 11) is -3.24. The zero-order chi connectivity index (χ0) is 16.2. The number of aryl methyl sites for hydroxylation is 2. The Kier molecular flexibility index (Phi) is 5.08. The minimum atomic E-state index is -3.24. The molecule has 0 aliphatic carbocycles. The Morgan fingerprint density at radius 2 is 1.45 bits per heavy atom. The molecule has 0 aliphatic rings. The highest BCUT2D eigenvalue weighted by Gasteiger charge is 2.08. The lowest BCUT2D eigenvalue weighted by Crippen LogP contribution is -2.15. The van der Waals surface area contributed by atoms with E-state index in [4.69, 9.17) is 0 Å². The van der Waals surface area contributed by atoms with Gasteiger partial charge in [0, 0.05) is 17.1 Å². The van der Waals surface area contributed by atoms with Crippen molar-refractivity contribution in [1.82, 2.24) is 0 Å². The first kappa shape index (κ1) is 16.4. The predicted molar refractivity (Wildman–Crippen MR) is 93.3 cm³/mol. The summed E-state index contributed by atoms with van der Waals surface area (Å²) in [5, 5.41) is 3.38. The standard InChI is InChI=1S/C17H22N2O2S/c1-4-12-22(20,21)19-16-10-8-15(9-11-16)18-17-13(2)6-5-7-14(17)3/h5-11,18-19H,4,12H2,1-3H3. The molecule has 2 rings (SSSR count). The van der Waals surface area contributed by atoms with Gasteiger partial charge in [-0.2, -0.15) is 0 Å². The van der Waals surface area contributed by atoms with Crippen LogP contribution in [0.5, 0.6) is 0 Å². The van der Waals surface area contributed by atoms with Gasteiger partial charge < -0.3 is 5.32 Å². The largest absolute Gasteiger partial charge is 0.355 e. The van der Waals surface area contributed by atoms with Crippen LogP contribution in [0.15, 0.2) is 42.5 Å². The lowest BCUT2D eigenvalue weighted by molar-refractivity contribution is 0.600. The van der Waals surface area contributed by atoms with Gasteiger partial charge in [-0.25, -0.2) is 8.42 Å². The molecule has 0 aliphatic heterocycles. The van der Waals surface area contributed by atoms with E-state index in [-0.39, 0.29) is 5.75 Å². The number of rotatable bonds is 6. The molecule has 0 radical (unpaired) electrons. The van der Waals surface area contributed by atoms with Gasteiger partial charge >= 0.3 is 0 Å². The van der Waals surface area contributed by atoms with Crippen molar-refractivity contribution in [2.24, 2.45) is 0 Å². The number of sulfonamides is 1. The zero-order valence-electron chi connectivity index (χ0n) is 13.2. The molecule has 0 unspecified atom stereocenters. The van der Waals surface area contributed by atoms with Crippen LogP contribution in [0.2, 0.25) is 0 Å². The van der Waals surface area contributed by atoms with Crippen molar-refractivity contribution in [3.05, 3.63) is 53.6 Å². The lowest BCUT2D eigenvalue weighted by atomic mass is 10.1. The summed E-state index contributed by atoms with van der Waals surface area (Å²) >= 11 is 0. The van der Waals surface area contributed by atoms with Crippen molar-refractivity contribution < 1.29 is 8.42 Å². The monoisotopic (exact) mass is 318 g/mol. The third-order valence-corrected chi connectivity index (χ3v) is 4.87. The number of para-hydroxylation sites is 1. The summed E-state index contributed by atoms with van der Waals surface area (Å²) in [5.41, 5.74) is 4.94. The highest BCUT2D eigenvalue weighted by molar-refractivity contribution is 7.92. The van der Waals surface area contributed by atoms with Crippen LogP contribution in [-0.2, 0) is 10.0 Å². The second-order valence-electron chi connectivity index (χ2n) is 5.39. The lowest BCUT2D eigenvalue weighted by Gasteiger charge is -2.13. The normalized spacial score (nSPS) is 11.2. The maximum Gasteiger partial charge on any atom is 0.232 e. The molecular weight excluding hydrogens is 296 g/mol. The highest BCUT2D eigenvalue weighted by atomic mass is 32.2. The van der Waals surface area contributed by atoms with Gasteiger partial charge in [-0.3, -0.25) is 4.72 Å². The molecule has 0 atom stereocenters. The molecule has 0 spiro atoms. The van der Waals surface area contributed by atoms with Gasteiger partial charge in [0.2, 0.25) is 10.0 Å². The van der Waals surface area contributed by atoms with Gasteiger partial charge in [0.05, 0.1) is 5.75 Å². The number of hydrogen-bond acceptors (Lipinski definition) is 3. The molecule has 5 heteroatoms. The van der Waals surface area contributed by atoms with E-state index >= 15 is 0 Å². The molecule has 0 fully saturated rings. The van der Waals surface area contributed by atoms with Crippen LogP contribution < -0.4 is 10.0 Å². The number of anilines is 3. The SMILES string of the molecule is CCCS(=O)(=O)Nc1ccc(Nc2c(C)cccc2C)cc1. The fourth-order valence-corrected chi connectivity index (χ4v) is 3.41. The number of benzene rings is 2. The van der Waals surface area contributed by atoms with Crippen molar-refractivity contribution in [2.75, 3.05) is 15.8 Å².